The smallest absolute Gasteiger partial charge is 0.206 e. The average molecular weight is 213 g/mol. The van der Waals surface area contributed by atoms with Crippen molar-refractivity contribution in [3.63, 3.8) is 0 Å². The predicted octanol–water partition coefficient (Wildman–Crippen LogP) is 1.56. The molecule has 0 aliphatic heterocycles. The molecule has 0 bridgehead atoms. The molecule has 1 saturated carbocycles. The summed E-state index contributed by atoms with van der Waals surface area (Å²) in [4.78, 5) is 0. The molecule has 0 unspecified atom stereocenters. The fourth-order valence-electron chi connectivity index (χ4n) is 1.95. The van der Waals surface area contributed by atoms with Crippen LogP contribution in [-0.4, -0.2) is 27.4 Å². The third-order valence-corrected chi connectivity index (χ3v) is 3.52. The van der Waals surface area contributed by atoms with E-state index in [4.69, 9.17) is 0 Å². The van der Waals surface area contributed by atoms with Gasteiger partial charge in [0.25, 0.3) is 0 Å². The Morgan fingerprint density at radius 3 is 2.64 bits per heavy atom. The minimum absolute atomic E-state index is 0.133. The van der Waals surface area contributed by atoms with E-state index in [9.17, 15) is 5.11 Å². The van der Waals surface area contributed by atoms with Gasteiger partial charge in [0.05, 0.1) is 12.1 Å². The molecule has 0 radical (unpaired) electrons. The van der Waals surface area contributed by atoms with E-state index >= 15 is 0 Å². The lowest BCUT2D eigenvalue weighted by Crippen LogP contribution is -2.38. The highest BCUT2D eigenvalue weighted by molar-refractivity contribution is 7.15. The minimum atomic E-state index is -0.133. The Hall–Kier alpha value is -0.680. The maximum Gasteiger partial charge on any atom is 0.206 e. The quantitative estimate of drug-likeness (QED) is 0.800. The van der Waals surface area contributed by atoms with Crippen molar-refractivity contribution >= 4 is 16.5 Å². The molecule has 78 valence electrons. The molecule has 1 aromatic rings. The lowest BCUT2D eigenvalue weighted by molar-refractivity contribution is 0.214. The van der Waals surface area contributed by atoms with Gasteiger partial charge in [-0.15, -0.1) is 10.2 Å². The maximum absolute atomic E-state index is 9.38. The number of hydrogen-bond acceptors (Lipinski definition) is 5. The van der Waals surface area contributed by atoms with Gasteiger partial charge in [-0.05, 0) is 19.8 Å². The zero-order valence-electron chi connectivity index (χ0n) is 8.29. The number of aromatic nitrogens is 2. The van der Waals surface area contributed by atoms with Crippen LogP contribution in [0.4, 0.5) is 5.13 Å². The first-order valence-corrected chi connectivity index (χ1v) is 5.75. The van der Waals surface area contributed by atoms with Crippen molar-refractivity contribution in [2.24, 2.45) is 0 Å². The van der Waals surface area contributed by atoms with E-state index < -0.39 is 0 Å². The number of nitrogens with one attached hydrogen (secondary N) is 1. The first-order valence-electron chi connectivity index (χ1n) is 4.93. The van der Waals surface area contributed by atoms with Gasteiger partial charge in [-0.3, -0.25) is 0 Å². The molecule has 2 N–H and O–H groups in total. The molecule has 1 aliphatic carbocycles. The maximum atomic E-state index is 9.38. The number of aliphatic hydroxyl groups is 1. The monoisotopic (exact) mass is 213 g/mol. The van der Waals surface area contributed by atoms with Crippen LogP contribution in [0.15, 0.2) is 0 Å². The van der Waals surface area contributed by atoms with Gasteiger partial charge in [-0.1, -0.05) is 24.2 Å². The van der Waals surface area contributed by atoms with Crippen molar-refractivity contribution in [1.29, 1.82) is 0 Å². The van der Waals surface area contributed by atoms with Crippen LogP contribution in [-0.2, 0) is 0 Å². The second kappa shape index (κ2) is 3.82. The van der Waals surface area contributed by atoms with Gasteiger partial charge in [-0.25, -0.2) is 0 Å². The number of nitrogens with zero attached hydrogens (tertiary/aromatic N) is 2. The molecule has 0 saturated heterocycles. The number of aryl methyl sites for hydroxylation is 1. The van der Waals surface area contributed by atoms with E-state index in [0.717, 1.165) is 23.0 Å². The summed E-state index contributed by atoms with van der Waals surface area (Å²) < 4.78 is 0. The molecule has 1 fully saturated rings. The van der Waals surface area contributed by atoms with Crippen molar-refractivity contribution in [2.75, 3.05) is 11.9 Å². The zero-order chi connectivity index (χ0) is 10.0. The molecule has 1 aliphatic rings. The number of rotatable bonds is 3. The SMILES string of the molecule is Cc1nnc(NC2(CO)CCCC2)s1. The van der Waals surface area contributed by atoms with Gasteiger partial charge in [0.15, 0.2) is 0 Å². The predicted molar refractivity (Wildman–Crippen MR) is 56.6 cm³/mol. The van der Waals surface area contributed by atoms with E-state index in [1.807, 2.05) is 6.92 Å². The highest BCUT2D eigenvalue weighted by Gasteiger charge is 2.33. The molecular formula is C9H15N3OS. The Bertz CT molecular complexity index is 307. The van der Waals surface area contributed by atoms with E-state index in [1.54, 1.807) is 11.3 Å². The van der Waals surface area contributed by atoms with Crippen LogP contribution < -0.4 is 5.32 Å². The van der Waals surface area contributed by atoms with Crippen LogP contribution >= 0.6 is 11.3 Å². The molecule has 5 heteroatoms. The molecule has 0 atom stereocenters. The molecule has 2 rings (SSSR count). The summed E-state index contributed by atoms with van der Waals surface area (Å²) in [6.07, 6.45) is 4.43. The van der Waals surface area contributed by atoms with Gasteiger partial charge >= 0.3 is 0 Å². The first kappa shape index (κ1) is 9.86. The molecular weight excluding hydrogens is 198 g/mol. The van der Waals surface area contributed by atoms with Gasteiger partial charge in [0, 0.05) is 0 Å². The molecule has 1 aromatic heterocycles. The zero-order valence-corrected chi connectivity index (χ0v) is 9.10. The van der Waals surface area contributed by atoms with Gasteiger partial charge < -0.3 is 10.4 Å². The van der Waals surface area contributed by atoms with E-state index in [2.05, 4.69) is 15.5 Å². The van der Waals surface area contributed by atoms with E-state index in [-0.39, 0.29) is 12.1 Å². The number of hydrogen-bond donors (Lipinski definition) is 2. The summed E-state index contributed by atoms with van der Waals surface area (Å²) >= 11 is 1.54. The Kier molecular flexibility index (Phi) is 2.69. The molecule has 0 spiro atoms. The first-order chi connectivity index (χ1) is 6.74. The Labute approximate surface area is 87.4 Å². The number of anilines is 1. The Morgan fingerprint density at radius 1 is 1.43 bits per heavy atom. The van der Waals surface area contributed by atoms with Gasteiger partial charge in [0.2, 0.25) is 5.13 Å². The van der Waals surface area contributed by atoms with Crippen LogP contribution in [0.25, 0.3) is 0 Å². The van der Waals surface area contributed by atoms with Crippen LogP contribution in [0.5, 0.6) is 0 Å². The van der Waals surface area contributed by atoms with Crippen molar-refractivity contribution in [1.82, 2.24) is 10.2 Å². The largest absolute Gasteiger partial charge is 0.394 e. The molecule has 0 aromatic carbocycles. The highest BCUT2D eigenvalue weighted by atomic mass is 32.1. The summed E-state index contributed by atoms with van der Waals surface area (Å²) in [5.74, 6) is 0. The molecule has 1 heterocycles. The molecule has 0 amide bonds. The normalized spacial score (nSPS) is 19.9. The van der Waals surface area contributed by atoms with Crippen LogP contribution in [0.2, 0.25) is 0 Å². The van der Waals surface area contributed by atoms with Crippen LogP contribution in [0, 0.1) is 6.92 Å². The van der Waals surface area contributed by atoms with Crippen molar-refractivity contribution in [3.8, 4) is 0 Å². The number of aliphatic hydroxyl groups excluding tert-OH is 1. The topological polar surface area (TPSA) is 58.0 Å². The minimum Gasteiger partial charge on any atom is -0.394 e. The van der Waals surface area contributed by atoms with Crippen molar-refractivity contribution < 1.29 is 5.11 Å². The lowest BCUT2D eigenvalue weighted by atomic mass is 10.00. The summed E-state index contributed by atoms with van der Waals surface area (Å²) in [5.41, 5.74) is -0.133. The highest BCUT2D eigenvalue weighted by Crippen LogP contribution is 2.33. The van der Waals surface area contributed by atoms with Crippen molar-refractivity contribution in [3.05, 3.63) is 5.01 Å². The second-order valence-corrected chi connectivity index (χ2v) is 5.08. The summed E-state index contributed by atoms with van der Waals surface area (Å²) in [6, 6.07) is 0. The second-order valence-electron chi connectivity index (χ2n) is 3.90. The van der Waals surface area contributed by atoms with Gasteiger partial charge in [-0.2, -0.15) is 0 Å². The summed E-state index contributed by atoms with van der Waals surface area (Å²) in [5, 5.41) is 22.5. The lowest BCUT2D eigenvalue weighted by Gasteiger charge is -2.27. The molecule has 4 nitrogen and oxygen atoms in total. The Morgan fingerprint density at radius 2 is 2.14 bits per heavy atom. The standard InChI is InChI=1S/C9H15N3OS/c1-7-11-12-8(14-7)10-9(6-13)4-2-3-5-9/h13H,2-6H2,1H3,(H,10,12). The fourth-order valence-corrected chi connectivity index (χ4v) is 2.66. The Balaban J connectivity index is 2.08. The van der Waals surface area contributed by atoms with Crippen molar-refractivity contribution in [2.45, 2.75) is 38.1 Å². The summed E-state index contributed by atoms with van der Waals surface area (Å²) in [7, 11) is 0. The van der Waals surface area contributed by atoms with Gasteiger partial charge in [0.1, 0.15) is 5.01 Å². The van der Waals surface area contributed by atoms with Crippen LogP contribution in [0.3, 0.4) is 0 Å². The third-order valence-electron chi connectivity index (χ3n) is 2.76. The van der Waals surface area contributed by atoms with E-state index in [1.165, 1.54) is 12.8 Å². The molecule has 14 heavy (non-hydrogen) atoms. The van der Waals surface area contributed by atoms with E-state index in [0.29, 0.717) is 0 Å². The van der Waals surface area contributed by atoms with Crippen LogP contribution in [0.1, 0.15) is 30.7 Å². The third kappa shape index (κ3) is 1.88. The fraction of sp³-hybridized carbons (Fsp3) is 0.778. The summed E-state index contributed by atoms with van der Waals surface area (Å²) in [6.45, 7) is 2.12. The average Bonchev–Trinajstić information content (AvgIpc) is 2.77.